The van der Waals surface area contributed by atoms with E-state index in [2.05, 4.69) is 30.8 Å². The first-order chi connectivity index (χ1) is 25.7. The summed E-state index contributed by atoms with van der Waals surface area (Å²) >= 11 is 5.82. The van der Waals surface area contributed by atoms with E-state index in [1.54, 1.807) is 6.07 Å². The molecule has 0 aliphatic carbocycles. The Hall–Kier alpha value is -5.75. The van der Waals surface area contributed by atoms with Gasteiger partial charge in [-0.2, -0.15) is 44.0 Å². The highest BCUT2D eigenvalue weighted by atomic mass is 35.5. The molecule has 1 heterocycles. The number of nitrogens with one attached hydrogen (secondary N) is 2. The fraction of sp³-hybridized carbons (Fsp3) is 0.0312. The third-order valence-electron chi connectivity index (χ3n) is 7.81. The van der Waals surface area contributed by atoms with Gasteiger partial charge in [0.25, 0.3) is 36.3 Å². The lowest BCUT2D eigenvalue weighted by atomic mass is 10.0. The number of aromatic hydroxyl groups is 1. The zero-order valence-electron chi connectivity index (χ0n) is 27.0. The minimum Gasteiger partial charge on any atom is -0.505 e. The summed E-state index contributed by atoms with van der Waals surface area (Å²) in [7, 11) is -15.5. The minimum absolute atomic E-state index is 0.0653. The number of nitrogens with zero attached hydrogens (tertiary/aromatic N) is 4. The predicted octanol–water partition coefficient (Wildman–Crippen LogP) is 6.44. The molecule has 0 radical (unpaired) electrons. The van der Waals surface area contributed by atoms with Crippen molar-refractivity contribution in [2.45, 2.75) is 21.2 Å². The van der Waals surface area contributed by atoms with E-state index in [4.69, 9.17) is 11.6 Å². The molecule has 17 nitrogen and oxygen atoms in total. The van der Waals surface area contributed by atoms with Gasteiger partial charge in [0, 0.05) is 22.9 Å². The van der Waals surface area contributed by atoms with E-state index in [9.17, 15) is 57.6 Å². The van der Waals surface area contributed by atoms with E-state index in [1.165, 1.54) is 48.5 Å². The van der Waals surface area contributed by atoms with Crippen molar-refractivity contribution >= 4 is 92.3 Å². The molecule has 6 rings (SSSR count). The summed E-state index contributed by atoms with van der Waals surface area (Å²) in [5.41, 5.74) is -1.77. The Bertz CT molecular complexity index is 2960. The molecule has 0 spiro atoms. The standard InChI is InChI=1S/C32H21ClF2N6O11S3/c33-25-29(34)38-32(35)39-30(25)36-14-16-7-4-8-20-19(16)9-10-21(28(20)55(50,51)52)40-41-26-23(54(47,48)49)12-17-11-18(53(44,45)46)13-22(24(17)27(26)42)37-31(43)15-5-2-1-3-6-15/h1-13,42H,14H2,(H,37,43)(H,36,38,39)(H,44,45,46)(H,47,48,49)(H,50,51,52)/b41-40+. The van der Waals surface area contributed by atoms with Crippen molar-refractivity contribution in [3.63, 3.8) is 0 Å². The average molecular weight is 835 g/mol. The molecular formula is C32H21ClF2N6O11S3. The number of hydrogen-bond donors (Lipinski definition) is 6. The lowest BCUT2D eigenvalue weighted by Gasteiger charge is -2.15. The normalized spacial score (nSPS) is 12.4. The highest BCUT2D eigenvalue weighted by molar-refractivity contribution is 7.86. The number of azo groups is 1. The van der Waals surface area contributed by atoms with Crippen LogP contribution in [0, 0.1) is 12.0 Å². The van der Waals surface area contributed by atoms with Gasteiger partial charge in [-0.3, -0.25) is 18.5 Å². The van der Waals surface area contributed by atoms with Gasteiger partial charge in [-0.05, 0) is 52.7 Å². The molecule has 55 heavy (non-hydrogen) atoms. The molecule has 6 aromatic rings. The number of amides is 1. The largest absolute Gasteiger partial charge is 0.505 e. The van der Waals surface area contributed by atoms with Gasteiger partial charge in [0.1, 0.15) is 26.2 Å². The summed E-state index contributed by atoms with van der Waals surface area (Å²) in [5.74, 6) is -3.72. The summed E-state index contributed by atoms with van der Waals surface area (Å²) in [6.07, 6.45) is -1.42. The Morgan fingerprint density at radius 3 is 2.16 bits per heavy atom. The van der Waals surface area contributed by atoms with E-state index < -0.39 is 107 Å². The first kappa shape index (κ1) is 39.0. The van der Waals surface area contributed by atoms with Crippen molar-refractivity contribution < 1.29 is 57.6 Å². The van der Waals surface area contributed by atoms with Crippen LogP contribution in [0.5, 0.6) is 5.75 Å². The van der Waals surface area contributed by atoms with Crippen LogP contribution in [-0.2, 0) is 36.9 Å². The van der Waals surface area contributed by atoms with E-state index >= 15 is 0 Å². The number of halogens is 3. The highest BCUT2D eigenvalue weighted by Crippen LogP contribution is 2.46. The van der Waals surface area contributed by atoms with Crippen molar-refractivity contribution in [2.24, 2.45) is 10.2 Å². The average Bonchev–Trinajstić information content (AvgIpc) is 3.10. The number of hydrogen-bond acceptors (Lipinski definition) is 13. The molecule has 0 unspecified atom stereocenters. The molecule has 5 aromatic carbocycles. The number of phenols is 1. The van der Waals surface area contributed by atoms with Crippen molar-refractivity contribution in [3.05, 3.63) is 107 Å². The fourth-order valence-corrected chi connectivity index (χ4v) is 7.65. The Morgan fingerprint density at radius 2 is 1.51 bits per heavy atom. The number of anilines is 2. The zero-order valence-corrected chi connectivity index (χ0v) is 30.2. The van der Waals surface area contributed by atoms with Crippen molar-refractivity contribution in [1.29, 1.82) is 0 Å². The second-order valence-corrected chi connectivity index (χ2v) is 15.9. The second kappa shape index (κ2) is 14.5. The molecule has 1 amide bonds. The van der Waals surface area contributed by atoms with E-state index in [-0.39, 0.29) is 28.4 Å². The molecule has 23 heteroatoms. The maximum atomic E-state index is 13.8. The molecule has 0 saturated heterocycles. The maximum absolute atomic E-state index is 13.8. The van der Waals surface area contributed by atoms with Gasteiger partial charge in [-0.1, -0.05) is 54.1 Å². The van der Waals surface area contributed by atoms with Crippen molar-refractivity contribution in [1.82, 2.24) is 9.97 Å². The number of rotatable bonds is 10. The lowest BCUT2D eigenvalue weighted by Crippen LogP contribution is -2.13. The van der Waals surface area contributed by atoms with Crippen molar-refractivity contribution in [3.8, 4) is 5.75 Å². The molecule has 284 valence electrons. The Labute approximate surface area is 313 Å². The molecule has 1 aromatic heterocycles. The quantitative estimate of drug-likeness (QED) is 0.0375. The number of fused-ring (bicyclic) bond motifs is 2. The van der Waals surface area contributed by atoms with Gasteiger partial charge >= 0.3 is 6.08 Å². The first-order valence-corrected chi connectivity index (χ1v) is 19.6. The third kappa shape index (κ3) is 8.05. The summed E-state index contributed by atoms with van der Waals surface area (Å²) < 4.78 is 132. The molecular weight excluding hydrogens is 814 g/mol. The number of aromatic nitrogens is 2. The Balaban J connectivity index is 1.51. The smallest absolute Gasteiger partial charge is 0.313 e. The monoisotopic (exact) mass is 834 g/mol. The summed E-state index contributed by atoms with van der Waals surface area (Å²) in [5, 5.41) is 22.4. The summed E-state index contributed by atoms with van der Waals surface area (Å²) in [6, 6.07) is 16.0. The van der Waals surface area contributed by atoms with Crippen LogP contribution in [0.15, 0.2) is 104 Å². The lowest BCUT2D eigenvalue weighted by molar-refractivity contribution is 0.102. The minimum atomic E-state index is -5.35. The van der Waals surface area contributed by atoms with Gasteiger partial charge in [-0.25, -0.2) is 0 Å². The molecule has 6 N–H and O–H groups in total. The van der Waals surface area contributed by atoms with Crippen LogP contribution >= 0.6 is 11.6 Å². The van der Waals surface area contributed by atoms with Crippen LogP contribution in [-0.4, -0.2) is 59.9 Å². The molecule has 0 aliphatic rings. The highest BCUT2D eigenvalue weighted by Gasteiger charge is 2.27. The molecule has 0 bridgehead atoms. The number of benzene rings is 5. The predicted molar refractivity (Wildman–Crippen MR) is 192 cm³/mol. The molecule has 0 atom stereocenters. The third-order valence-corrected chi connectivity index (χ3v) is 10.8. The van der Waals surface area contributed by atoms with E-state index in [1.807, 2.05) is 0 Å². The van der Waals surface area contributed by atoms with Gasteiger partial charge in [-0.15, -0.1) is 10.2 Å². The van der Waals surface area contributed by atoms with Gasteiger partial charge in [0.15, 0.2) is 11.6 Å². The fourth-order valence-electron chi connectivity index (χ4n) is 5.47. The van der Waals surface area contributed by atoms with E-state index in [0.717, 1.165) is 18.2 Å². The Morgan fingerprint density at radius 1 is 0.800 bits per heavy atom. The van der Waals surface area contributed by atoms with Crippen LogP contribution in [0.3, 0.4) is 0 Å². The van der Waals surface area contributed by atoms with Gasteiger partial charge < -0.3 is 15.7 Å². The van der Waals surface area contributed by atoms with Crippen LogP contribution in [0.1, 0.15) is 15.9 Å². The molecule has 0 aliphatic heterocycles. The molecule has 0 saturated carbocycles. The van der Waals surface area contributed by atoms with Gasteiger partial charge in [0.05, 0.1) is 10.6 Å². The second-order valence-electron chi connectivity index (χ2n) is 11.3. The van der Waals surface area contributed by atoms with Crippen molar-refractivity contribution in [2.75, 3.05) is 10.6 Å². The van der Waals surface area contributed by atoms with Crippen LogP contribution in [0.4, 0.5) is 31.7 Å². The van der Waals surface area contributed by atoms with Crippen LogP contribution in [0.25, 0.3) is 21.5 Å². The molecule has 0 fully saturated rings. The van der Waals surface area contributed by atoms with Crippen LogP contribution in [0.2, 0.25) is 5.02 Å². The SMILES string of the molecule is O=C(Nc1cc(S(=O)(=O)O)cc2cc(S(=O)(=O)O)c(/N=N/c3ccc4c(CNc5nc(F)nc(F)c5Cl)cccc4c3S(=O)(=O)O)c(O)c12)c1ccccc1. The first-order valence-electron chi connectivity index (χ1n) is 15.0. The maximum Gasteiger partial charge on any atom is 0.313 e. The Kier molecular flexibility index (Phi) is 10.3. The summed E-state index contributed by atoms with van der Waals surface area (Å²) in [4.78, 5) is 16.4. The number of phenolic OH excluding ortho intramolecular Hbond substituents is 1. The number of carbonyl (C=O) groups excluding carboxylic acids is 1. The van der Waals surface area contributed by atoms with Crippen LogP contribution < -0.4 is 10.6 Å². The van der Waals surface area contributed by atoms with Gasteiger partial charge in [0.2, 0.25) is 5.95 Å². The topological polar surface area (TPSA) is 275 Å². The van der Waals surface area contributed by atoms with E-state index in [0.29, 0.717) is 6.07 Å². The summed E-state index contributed by atoms with van der Waals surface area (Å²) in [6.45, 7) is -0.246. The zero-order chi connectivity index (χ0) is 40.0. The number of carbonyl (C=O) groups is 1.